The van der Waals surface area contributed by atoms with Crippen molar-refractivity contribution in [3.63, 3.8) is 0 Å². The van der Waals surface area contributed by atoms with E-state index >= 15 is 0 Å². The van der Waals surface area contributed by atoms with Crippen LogP contribution in [0.5, 0.6) is 0 Å². The van der Waals surface area contributed by atoms with Crippen LogP contribution in [0.2, 0.25) is 0 Å². The first-order valence-electron chi connectivity index (χ1n) is 7.28. The number of carbonyl (C=O) groups excluding carboxylic acids is 1. The third-order valence-corrected chi connectivity index (χ3v) is 4.27. The summed E-state index contributed by atoms with van der Waals surface area (Å²) in [5.41, 5.74) is 2.53. The maximum absolute atomic E-state index is 12.3. The molecule has 0 radical (unpaired) electrons. The molecule has 2 aromatic carbocycles. The number of aromatic nitrogens is 1. The van der Waals surface area contributed by atoms with Crippen LogP contribution < -0.4 is 4.80 Å². The van der Waals surface area contributed by atoms with Crippen molar-refractivity contribution < 1.29 is 9.90 Å². The molecule has 0 aliphatic carbocycles. The quantitative estimate of drug-likeness (QED) is 0.802. The van der Waals surface area contributed by atoms with Crippen molar-refractivity contribution in [1.29, 1.82) is 0 Å². The van der Waals surface area contributed by atoms with Crippen molar-refractivity contribution >= 4 is 17.2 Å². The van der Waals surface area contributed by atoms with Gasteiger partial charge in [-0.25, -0.2) is 0 Å². The van der Waals surface area contributed by atoms with Crippen molar-refractivity contribution in [3.8, 4) is 11.3 Å². The first-order valence-corrected chi connectivity index (χ1v) is 8.16. The predicted molar refractivity (Wildman–Crippen MR) is 91.2 cm³/mol. The monoisotopic (exact) mass is 324 g/mol. The highest BCUT2D eigenvalue weighted by atomic mass is 32.1. The molecule has 0 saturated carbocycles. The fourth-order valence-corrected chi connectivity index (χ4v) is 3.24. The van der Waals surface area contributed by atoms with Gasteiger partial charge in [0.1, 0.15) is 0 Å². The molecule has 3 rings (SSSR count). The number of thiazole rings is 1. The summed E-state index contributed by atoms with van der Waals surface area (Å²) in [5.74, 6) is -0.279. The van der Waals surface area contributed by atoms with Crippen LogP contribution >= 0.6 is 11.3 Å². The van der Waals surface area contributed by atoms with E-state index in [9.17, 15) is 9.90 Å². The van der Waals surface area contributed by atoms with Gasteiger partial charge in [0.05, 0.1) is 12.3 Å². The number of aliphatic hydroxyl groups is 1. The Morgan fingerprint density at radius 2 is 1.70 bits per heavy atom. The van der Waals surface area contributed by atoms with Crippen LogP contribution in [0.4, 0.5) is 0 Å². The van der Waals surface area contributed by atoms with Crippen LogP contribution in [-0.2, 0) is 6.54 Å². The molecule has 4 nitrogen and oxygen atoms in total. The van der Waals surface area contributed by atoms with Gasteiger partial charge in [0.2, 0.25) is 0 Å². The number of nitrogens with zero attached hydrogens (tertiary/aromatic N) is 2. The Bertz CT molecular complexity index is 851. The van der Waals surface area contributed by atoms with Gasteiger partial charge in [0.15, 0.2) is 4.80 Å². The maximum Gasteiger partial charge on any atom is 0.279 e. The summed E-state index contributed by atoms with van der Waals surface area (Å²) >= 11 is 1.40. The number of hydrogen-bond acceptors (Lipinski definition) is 3. The molecule has 0 saturated heterocycles. The van der Waals surface area contributed by atoms with Crippen LogP contribution in [-0.4, -0.2) is 22.2 Å². The molecule has 1 aromatic heterocycles. The number of amides is 1. The summed E-state index contributed by atoms with van der Waals surface area (Å²) in [5, 5.41) is 11.3. The SMILES string of the molecule is O=C(N=c1scc(-c2ccccc2)n1CCO)c1ccccc1. The zero-order valence-electron chi connectivity index (χ0n) is 12.4. The van der Waals surface area contributed by atoms with Gasteiger partial charge < -0.3 is 9.67 Å². The summed E-state index contributed by atoms with van der Waals surface area (Å²) in [6.07, 6.45) is 0. The molecule has 116 valence electrons. The Labute approximate surface area is 138 Å². The first kappa shape index (κ1) is 15.4. The molecule has 23 heavy (non-hydrogen) atoms. The highest BCUT2D eigenvalue weighted by molar-refractivity contribution is 7.07. The average molecular weight is 324 g/mol. The summed E-state index contributed by atoms with van der Waals surface area (Å²) in [6, 6.07) is 18.9. The molecule has 0 aliphatic rings. The maximum atomic E-state index is 12.3. The van der Waals surface area contributed by atoms with Gasteiger partial charge in [-0.05, 0) is 17.7 Å². The Hall–Kier alpha value is -2.50. The van der Waals surface area contributed by atoms with Crippen molar-refractivity contribution in [2.45, 2.75) is 6.54 Å². The van der Waals surface area contributed by atoms with Gasteiger partial charge in [-0.1, -0.05) is 48.5 Å². The second-order valence-electron chi connectivity index (χ2n) is 4.93. The second kappa shape index (κ2) is 7.17. The molecule has 1 amide bonds. The van der Waals surface area contributed by atoms with E-state index in [2.05, 4.69) is 4.99 Å². The summed E-state index contributed by atoms with van der Waals surface area (Å²) in [6.45, 7) is 0.387. The highest BCUT2D eigenvalue weighted by Crippen LogP contribution is 2.19. The highest BCUT2D eigenvalue weighted by Gasteiger charge is 2.09. The molecule has 1 heterocycles. The third-order valence-electron chi connectivity index (χ3n) is 3.41. The second-order valence-corrected chi connectivity index (χ2v) is 5.76. The fourth-order valence-electron chi connectivity index (χ4n) is 2.31. The molecule has 1 N–H and O–H groups in total. The topological polar surface area (TPSA) is 54.6 Å². The third kappa shape index (κ3) is 3.47. The normalized spacial score (nSPS) is 11.6. The standard InChI is InChI=1S/C18H16N2O2S/c21-12-11-20-16(14-7-3-1-4-8-14)13-23-18(20)19-17(22)15-9-5-2-6-10-15/h1-10,13,21H,11-12H2. The summed E-state index contributed by atoms with van der Waals surface area (Å²) in [7, 11) is 0. The lowest BCUT2D eigenvalue weighted by Crippen LogP contribution is -2.19. The van der Waals surface area contributed by atoms with Crippen molar-refractivity contribution in [1.82, 2.24) is 4.57 Å². The minimum absolute atomic E-state index is 0.0106. The molecular formula is C18H16N2O2S. The van der Waals surface area contributed by atoms with Crippen LogP contribution in [0.3, 0.4) is 0 Å². The fraction of sp³-hybridized carbons (Fsp3) is 0.111. The molecule has 0 fully saturated rings. The Morgan fingerprint density at radius 1 is 1.04 bits per heavy atom. The Balaban J connectivity index is 2.05. The summed E-state index contributed by atoms with van der Waals surface area (Å²) < 4.78 is 1.88. The van der Waals surface area contributed by atoms with E-state index in [0.29, 0.717) is 16.9 Å². The zero-order chi connectivity index (χ0) is 16.1. The van der Waals surface area contributed by atoms with Crippen molar-refractivity contribution in [2.75, 3.05) is 6.61 Å². The molecular weight excluding hydrogens is 308 g/mol. The smallest absolute Gasteiger partial charge is 0.279 e. The lowest BCUT2D eigenvalue weighted by molar-refractivity contribution is 0.0997. The predicted octanol–water partition coefficient (Wildman–Crippen LogP) is 2.95. The first-order chi connectivity index (χ1) is 11.3. The molecule has 0 bridgehead atoms. The number of hydrogen-bond donors (Lipinski definition) is 1. The average Bonchev–Trinajstić information content (AvgIpc) is 2.99. The van der Waals surface area contributed by atoms with Gasteiger partial charge in [-0.3, -0.25) is 4.79 Å². The van der Waals surface area contributed by atoms with Gasteiger partial charge in [-0.15, -0.1) is 11.3 Å². The molecule has 0 spiro atoms. The molecule has 0 atom stereocenters. The Kier molecular flexibility index (Phi) is 4.80. The lowest BCUT2D eigenvalue weighted by Gasteiger charge is -2.07. The molecule has 3 aromatic rings. The van der Waals surface area contributed by atoms with E-state index in [1.165, 1.54) is 11.3 Å². The van der Waals surface area contributed by atoms with Gasteiger partial charge >= 0.3 is 0 Å². The summed E-state index contributed by atoms with van der Waals surface area (Å²) in [4.78, 5) is 17.1. The van der Waals surface area contributed by atoms with E-state index in [0.717, 1.165) is 11.3 Å². The van der Waals surface area contributed by atoms with Gasteiger partial charge in [-0.2, -0.15) is 4.99 Å². The lowest BCUT2D eigenvalue weighted by atomic mass is 10.2. The van der Waals surface area contributed by atoms with Crippen LogP contribution in [0.15, 0.2) is 71.0 Å². The van der Waals surface area contributed by atoms with Crippen LogP contribution in [0.1, 0.15) is 10.4 Å². The van der Waals surface area contributed by atoms with Crippen molar-refractivity contribution in [3.05, 3.63) is 76.4 Å². The van der Waals surface area contributed by atoms with Crippen LogP contribution in [0, 0.1) is 0 Å². The minimum Gasteiger partial charge on any atom is -0.395 e. The van der Waals surface area contributed by atoms with Crippen molar-refractivity contribution in [2.24, 2.45) is 4.99 Å². The van der Waals surface area contributed by atoms with E-state index in [1.807, 2.05) is 58.5 Å². The Morgan fingerprint density at radius 3 is 2.35 bits per heavy atom. The molecule has 5 heteroatoms. The van der Waals surface area contributed by atoms with E-state index in [4.69, 9.17) is 0 Å². The van der Waals surface area contributed by atoms with Gasteiger partial charge in [0.25, 0.3) is 5.91 Å². The number of benzene rings is 2. The van der Waals surface area contributed by atoms with E-state index in [1.54, 1.807) is 12.1 Å². The largest absolute Gasteiger partial charge is 0.395 e. The molecule has 0 unspecified atom stereocenters. The number of carbonyl (C=O) groups is 1. The minimum atomic E-state index is -0.279. The van der Waals surface area contributed by atoms with Crippen LogP contribution in [0.25, 0.3) is 11.3 Å². The van der Waals surface area contributed by atoms with Gasteiger partial charge in [0, 0.05) is 17.5 Å². The van der Waals surface area contributed by atoms with E-state index < -0.39 is 0 Å². The zero-order valence-corrected chi connectivity index (χ0v) is 13.2. The number of aliphatic hydroxyl groups excluding tert-OH is 1. The molecule has 0 aliphatic heterocycles. The van der Waals surface area contributed by atoms with E-state index in [-0.39, 0.29) is 12.5 Å². The number of rotatable bonds is 4.